The van der Waals surface area contributed by atoms with Crippen LogP contribution in [-0.2, 0) is 11.3 Å². The fourth-order valence-corrected chi connectivity index (χ4v) is 3.24. The van der Waals surface area contributed by atoms with Gasteiger partial charge >= 0.3 is 6.18 Å². The van der Waals surface area contributed by atoms with Crippen LogP contribution in [0, 0.1) is 5.82 Å². The molecule has 1 aliphatic heterocycles. The highest BCUT2D eigenvalue weighted by Gasteiger charge is 2.32. The lowest BCUT2D eigenvalue weighted by Gasteiger charge is -2.35. The van der Waals surface area contributed by atoms with E-state index >= 15 is 0 Å². The molecule has 1 amide bonds. The summed E-state index contributed by atoms with van der Waals surface area (Å²) in [4.78, 5) is 19.1. The van der Waals surface area contributed by atoms with Crippen LogP contribution < -0.4 is 10.6 Å². The van der Waals surface area contributed by atoms with Crippen molar-refractivity contribution in [3.05, 3.63) is 24.0 Å². The Bertz CT molecular complexity index is 869. The molecule has 7 nitrogen and oxygen atoms in total. The summed E-state index contributed by atoms with van der Waals surface area (Å²) in [5.41, 5.74) is 6.60. The molecule has 1 unspecified atom stereocenters. The average Bonchev–Trinajstić information content (AvgIpc) is 2.93. The lowest BCUT2D eigenvalue weighted by molar-refractivity contribution is -0.158. The molecule has 2 heterocycles. The molecule has 154 valence electrons. The number of hydrogen-bond donors (Lipinski definition) is 2. The zero-order valence-corrected chi connectivity index (χ0v) is 15.2. The second-order valence-corrected chi connectivity index (χ2v) is 6.96. The van der Waals surface area contributed by atoms with Crippen LogP contribution in [0.2, 0.25) is 0 Å². The van der Waals surface area contributed by atoms with E-state index in [0.717, 1.165) is 7.05 Å². The van der Waals surface area contributed by atoms with E-state index in [2.05, 4.69) is 4.98 Å². The van der Waals surface area contributed by atoms with Crippen molar-refractivity contribution in [1.29, 1.82) is 0 Å². The van der Waals surface area contributed by atoms with Crippen molar-refractivity contribution in [2.75, 3.05) is 31.6 Å². The van der Waals surface area contributed by atoms with Gasteiger partial charge in [-0.3, -0.25) is 4.79 Å². The Kier molecular flexibility index (Phi) is 5.48. The van der Waals surface area contributed by atoms with Gasteiger partial charge in [-0.2, -0.15) is 13.2 Å². The maximum atomic E-state index is 13.7. The fourth-order valence-electron chi connectivity index (χ4n) is 3.24. The van der Waals surface area contributed by atoms with Crippen molar-refractivity contribution >= 4 is 22.9 Å². The third-order valence-electron chi connectivity index (χ3n) is 4.73. The van der Waals surface area contributed by atoms with E-state index in [1.54, 1.807) is 4.90 Å². The van der Waals surface area contributed by atoms with Gasteiger partial charge in [-0.05, 0) is 24.6 Å². The number of piperidine rings is 1. The van der Waals surface area contributed by atoms with Crippen LogP contribution in [0.1, 0.15) is 6.42 Å². The first-order valence-corrected chi connectivity index (χ1v) is 8.70. The molecule has 11 heteroatoms. The van der Waals surface area contributed by atoms with E-state index in [1.165, 1.54) is 22.8 Å². The second kappa shape index (κ2) is 7.55. The lowest BCUT2D eigenvalue weighted by Crippen LogP contribution is -2.52. The van der Waals surface area contributed by atoms with Gasteiger partial charge in [0.25, 0.3) is 0 Å². The number of nitrogens with two attached hydrogens (primary N) is 1. The molecule has 28 heavy (non-hydrogen) atoms. The minimum absolute atomic E-state index is 0.250. The summed E-state index contributed by atoms with van der Waals surface area (Å²) in [5.74, 6) is -1.04. The lowest BCUT2D eigenvalue weighted by atomic mass is 10.0. The van der Waals surface area contributed by atoms with E-state index in [4.69, 9.17) is 5.73 Å². The van der Waals surface area contributed by atoms with Gasteiger partial charge < -0.3 is 25.2 Å². The molecule has 0 bridgehead atoms. The number of halogens is 4. The smallest absolute Gasteiger partial charge is 0.391 e. The zero-order valence-electron chi connectivity index (χ0n) is 15.2. The first kappa shape index (κ1) is 20.3. The molecule has 0 spiro atoms. The van der Waals surface area contributed by atoms with Crippen molar-refractivity contribution in [1.82, 2.24) is 14.5 Å². The van der Waals surface area contributed by atoms with Gasteiger partial charge in [0.15, 0.2) is 0 Å². The Labute approximate surface area is 158 Å². The molecule has 1 fully saturated rings. The first-order chi connectivity index (χ1) is 13.0. The molecule has 1 saturated heterocycles. The third-order valence-corrected chi connectivity index (χ3v) is 4.73. The number of carbonyl (C=O) groups is 1. The van der Waals surface area contributed by atoms with Crippen LogP contribution >= 0.6 is 0 Å². The number of hydrogen-bond acceptors (Lipinski definition) is 5. The minimum atomic E-state index is -4.52. The summed E-state index contributed by atoms with van der Waals surface area (Å²) in [5, 5.41) is 9.82. The van der Waals surface area contributed by atoms with E-state index in [-0.39, 0.29) is 6.54 Å². The Morgan fingerprint density at radius 2 is 2.14 bits per heavy atom. The largest absolute Gasteiger partial charge is 0.406 e. The maximum absolute atomic E-state index is 13.7. The zero-order chi connectivity index (χ0) is 20.6. The monoisotopic (exact) mass is 403 g/mol. The Morgan fingerprint density at radius 1 is 1.43 bits per heavy atom. The van der Waals surface area contributed by atoms with Gasteiger partial charge in [0.05, 0.1) is 17.1 Å². The third kappa shape index (κ3) is 4.36. The Hall–Kier alpha value is -2.40. The SMILES string of the molecule is CN(CC(F)(F)F)C(=O)Cn1c(N2CCC(O)[C@H](N)C2)nc2ccc(F)cc21. The molecule has 2 atom stereocenters. The molecular weight excluding hydrogens is 382 g/mol. The molecule has 3 N–H and O–H groups in total. The number of benzene rings is 1. The van der Waals surface area contributed by atoms with Gasteiger partial charge in [-0.25, -0.2) is 9.37 Å². The van der Waals surface area contributed by atoms with Crippen LogP contribution in [0.4, 0.5) is 23.5 Å². The van der Waals surface area contributed by atoms with Crippen LogP contribution in [0.25, 0.3) is 11.0 Å². The summed E-state index contributed by atoms with van der Waals surface area (Å²) in [6.07, 6.45) is -4.82. The predicted octanol–water partition coefficient (Wildman–Crippen LogP) is 1.09. The van der Waals surface area contributed by atoms with Crippen LogP contribution in [0.5, 0.6) is 0 Å². The summed E-state index contributed by atoms with van der Waals surface area (Å²) >= 11 is 0. The average molecular weight is 403 g/mol. The molecule has 0 radical (unpaired) electrons. The molecule has 1 aromatic heterocycles. The summed E-state index contributed by atoms with van der Waals surface area (Å²) < 4.78 is 52.9. The highest BCUT2D eigenvalue weighted by Crippen LogP contribution is 2.26. The topological polar surface area (TPSA) is 87.6 Å². The molecule has 2 aromatic rings. The number of alkyl halides is 3. The van der Waals surface area contributed by atoms with E-state index in [0.29, 0.717) is 34.8 Å². The molecule has 3 rings (SSSR count). The maximum Gasteiger partial charge on any atom is 0.406 e. The summed E-state index contributed by atoms with van der Waals surface area (Å²) in [6.45, 7) is -1.17. The number of aliphatic hydroxyl groups excluding tert-OH is 1. The standard InChI is InChI=1S/C17H21F4N5O2/c1-24(9-17(19,20)21)15(28)8-26-13-6-10(18)2-3-12(13)23-16(26)25-5-4-14(27)11(22)7-25/h2-3,6,11,14,27H,4-5,7-9,22H2,1H3/t11-,14?/m1/s1. The predicted molar refractivity (Wildman–Crippen MR) is 94.2 cm³/mol. The number of aromatic nitrogens is 2. The Morgan fingerprint density at radius 3 is 2.79 bits per heavy atom. The highest BCUT2D eigenvalue weighted by atomic mass is 19.4. The van der Waals surface area contributed by atoms with Crippen LogP contribution in [-0.4, -0.2) is 70.5 Å². The molecule has 0 aliphatic carbocycles. The molecule has 1 aliphatic rings. The number of rotatable bonds is 4. The first-order valence-electron chi connectivity index (χ1n) is 8.70. The highest BCUT2D eigenvalue weighted by molar-refractivity contribution is 5.83. The minimum Gasteiger partial charge on any atom is -0.391 e. The van der Waals surface area contributed by atoms with Crippen molar-refractivity contribution in [3.63, 3.8) is 0 Å². The quantitative estimate of drug-likeness (QED) is 0.747. The van der Waals surface area contributed by atoms with E-state index < -0.39 is 43.1 Å². The molecule has 1 aromatic carbocycles. The van der Waals surface area contributed by atoms with Crippen molar-refractivity contribution in [3.8, 4) is 0 Å². The van der Waals surface area contributed by atoms with Crippen LogP contribution in [0.3, 0.4) is 0 Å². The van der Waals surface area contributed by atoms with Gasteiger partial charge in [0, 0.05) is 26.2 Å². The Balaban J connectivity index is 1.95. The number of aliphatic hydroxyl groups is 1. The summed E-state index contributed by atoms with van der Waals surface area (Å²) in [7, 11) is 1.06. The van der Waals surface area contributed by atoms with E-state index in [1.807, 2.05) is 0 Å². The van der Waals surface area contributed by atoms with Crippen molar-refractivity contribution < 1.29 is 27.5 Å². The van der Waals surface area contributed by atoms with Gasteiger partial charge in [-0.15, -0.1) is 0 Å². The molecule has 0 saturated carbocycles. The number of nitrogens with zero attached hydrogens (tertiary/aromatic N) is 4. The number of likely N-dealkylation sites (N-methyl/N-ethyl adjacent to an activating group) is 1. The number of anilines is 1. The number of imidazole rings is 1. The van der Waals surface area contributed by atoms with Gasteiger partial charge in [0.1, 0.15) is 18.9 Å². The van der Waals surface area contributed by atoms with Crippen LogP contribution in [0.15, 0.2) is 18.2 Å². The fraction of sp³-hybridized carbons (Fsp3) is 0.529. The number of carbonyl (C=O) groups excluding carboxylic acids is 1. The number of amides is 1. The molecular formula is C17H21F4N5O2. The van der Waals surface area contributed by atoms with Crippen molar-refractivity contribution in [2.24, 2.45) is 5.73 Å². The second-order valence-electron chi connectivity index (χ2n) is 6.96. The number of fused-ring (bicyclic) bond motifs is 1. The van der Waals surface area contributed by atoms with Gasteiger partial charge in [-0.1, -0.05) is 0 Å². The van der Waals surface area contributed by atoms with Crippen molar-refractivity contribution in [2.45, 2.75) is 31.3 Å². The summed E-state index contributed by atoms with van der Waals surface area (Å²) in [6, 6.07) is 3.30. The normalized spacial score (nSPS) is 20.6. The van der Waals surface area contributed by atoms with E-state index in [9.17, 15) is 27.5 Å². The van der Waals surface area contributed by atoms with Gasteiger partial charge in [0.2, 0.25) is 11.9 Å².